The second-order valence-corrected chi connectivity index (χ2v) is 5.18. The average molecular weight is 315 g/mol. The van der Waals surface area contributed by atoms with E-state index in [0.29, 0.717) is 23.8 Å². The Kier molecular flexibility index (Phi) is 8.35. The highest BCUT2D eigenvalue weighted by Gasteiger charge is 2.15. The maximum Gasteiger partial charge on any atom is 0.339 e. The number of halogens is 1. The fourth-order valence-corrected chi connectivity index (χ4v) is 2.44. The van der Waals surface area contributed by atoms with Crippen LogP contribution in [0.1, 0.15) is 34.3 Å². The van der Waals surface area contributed by atoms with Gasteiger partial charge in [-0.3, -0.25) is 0 Å². The predicted octanol–water partition coefficient (Wildman–Crippen LogP) is 3.28. The lowest BCUT2D eigenvalue weighted by Gasteiger charge is -2.12. The van der Waals surface area contributed by atoms with Crippen molar-refractivity contribution in [3.63, 3.8) is 0 Å². The molecule has 0 atom stereocenters. The minimum atomic E-state index is -0.401. The summed E-state index contributed by atoms with van der Waals surface area (Å²) in [4.78, 5) is 11.8. The molecule has 0 aromatic heterocycles. The summed E-state index contributed by atoms with van der Waals surface area (Å²) < 4.78 is 14.9. The summed E-state index contributed by atoms with van der Waals surface area (Å²) in [5.74, 6) is -0.401. The Labute approximate surface area is 131 Å². The molecule has 4 nitrogen and oxygen atoms in total. The second kappa shape index (κ2) is 9.77. The Morgan fingerprint density at radius 2 is 1.67 bits per heavy atom. The van der Waals surface area contributed by atoms with E-state index in [4.69, 9.17) is 25.8 Å². The van der Waals surface area contributed by atoms with E-state index in [9.17, 15) is 4.79 Å². The molecular formula is C16H23ClO4. The summed E-state index contributed by atoms with van der Waals surface area (Å²) in [6.07, 6.45) is 3.37. The van der Waals surface area contributed by atoms with Gasteiger partial charge in [-0.15, -0.1) is 0 Å². The number of carbonyl (C=O) groups is 1. The monoisotopic (exact) mass is 314 g/mol. The van der Waals surface area contributed by atoms with Gasteiger partial charge in [0.25, 0.3) is 0 Å². The molecule has 5 heteroatoms. The van der Waals surface area contributed by atoms with E-state index in [2.05, 4.69) is 6.07 Å². The maximum absolute atomic E-state index is 11.8. The van der Waals surface area contributed by atoms with Crippen LogP contribution in [-0.4, -0.2) is 40.5 Å². The van der Waals surface area contributed by atoms with Gasteiger partial charge in [0, 0.05) is 27.4 Å². The second-order valence-electron chi connectivity index (χ2n) is 4.80. The van der Waals surface area contributed by atoms with E-state index < -0.39 is 5.97 Å². The maximum atomic E-state index is 11.8. The summed E-state index contributed by atoms with van der Waals surface area (Å²) in [6.45, 7) is 1.35. The van der Waals surface area contributed by atoms with Crippen LogP contribution in [0.4, 0.5) is 0 Å². The van der Waals surface area contributed by atoms with Crippen LogP contribution < -0.4 is 0 Å². The Balaban J connectivity index is 2.97. The van der Waals surface area contributed by atoms with Crippen molar-refractivity contribution in [1.82, 2.24) is 0 Å². The van der Waals surface area contributed by atoms with Crippen LogP contribution in [0.2, 0.25) is 5.02 Å². The molecule has 118 valence electrons. The number of hydrogen-bond donors (Lipinski definition) is 0. The van der Waals surface area contributed by atoms with Crippen molar-refractivity contribution >= 4 is 17.6 Å². The molecule has 0 aliphatic carbocycles. The summed E-state index contributed by atoms with van der Waals surface area (Å²) in [7, 11) is 4.71. The van der Waals surface area contributed by atoms with Gasteiger partial charge in [-0.1, -0.05) is 17.7 Å². The first kappa shape index (κ1) is 18.0. The lowest BCUT2D eigenvalue weighted by Crippen LogP contribution is -2.06. The molecule has 0 bridgehead atoms. The summed E-state index contributed by atoms with van der Waals surface area (Å²) in [5, 5.41) is 0.480. The van der Waals surface area contributed by atoms with Gasteiger partial charge in [0.2, 0.25) is 0 Å². The van der Waals surface area contributed by atoms with Crippen LogP contribution in [0.25, 0.3) is 0 Å². The molecule has 0 aliphatic heterocycles. The van der Waals surface area contributed by atoms with Crippen molar-refractivity contribution in [2.45, 2.75) is 25.7 Å². The Morgan fingerprint density at radius 3 is 2.24 bits per heavy atom. The fourth-order valence-electron chi connectivity index (χ4n) is 2.16. The number of aryl methyl sites for hydroxylation is 2. The number of hydrogen-bond acceptors (Lipinski definition) is 4. The highest BCUT2D eigenvalue weighted by molar-refractivity contribution is 6.34. The Bertz CT molecular complexity index is 460. The fraction of sp³-hybridized carbons (Fsp3) is 0.562. The number of ether oxygens (including phenoxy) is 3. The van der Waals surface area contributed by atoms with Crippen LogP contribution in [-0.2, 0) is 27.1 Å². The molecule has 0 aliphatic rings. The molecule has 1 rings (SSSR count). The van der Waals surface area contributed by atoms with E-state index in [1.54, 1.807) is 14.2 Å². The van der Waals surface area contributed by atoms with Gasteiger partial charge in [-0.05, 0) is 42.9 Å². The number of carbonyl (C=O) groups excluding carboxylic acids is 1. The highest BCUT2D eigenvalue weighted by Crippen LogP contribution is 2.26. The average Bonchev–Trinajstić information content (AvgIpc) is 2.49. The molecule has 0 amide bonds. The summed E-state index contributed by atoms with van der Waals surface area (Å²) in [6, 6.07) is 3.86. The van der Waals surface area contributed by atoms with Crippen molar-refractivity contribution in [1.29, 1.82) is 0 Å². The molecule has 0 heterocycles. The standard InChI is InChI=1S/C16H23ClO4/c1-19-8-4-6-12-10-13(7-5-9-20-2)15(17)14(11-12)16(18)21-3/h10-11H,4-9H2,1-3H3. The number of methoxy groups -OCH3 is 3. The molecule has 21 heavy (non-hydrogen) atoms. The van der Waals surface area contributed by atoms with Gasteiger partial charge in [0.15, 0.2) is 0 Å². The number of benzene rings is 1. The topological polar surface area (TPSA) is 44.8 Å². The third-order valence-corrected chi connectivity index (χ3v) is 3.67. The van der Waals surface area contributed by atoms with Crippen LogP contribution in [0, 0.1) is 0 Å². The Morgan fingerprint density at radius 1 is 1.05 bits per heavy atom. The molecule has 1 aromatic rings. The van der Waals surface area contributed by atoms with E-state index in [1.165, 1.54) is 7.11 Å². The lowest BCUT2D eigenvalue weighted by molar-refractivity contribution is 0.0600. The third-order valence-electron chi connectivity index (χ3n) is 3.22. The molecule has 0 fully saturated rings. The van der Waals surface area contributed by atoms with Gasteiger partial charge in [-0.25, -0.2) is 4.79 Å². The van der Waals surface area contributed by atoms with E-state index in [-0.39, 0.29) is 0 Å². The van der Waals surface area contributed by atoms with Gasteiger partial charge in [0.05, 0.1) is 17.7 Å². The van der Waals surface area contributed by atoms with Crippen LogP contribution in [0.5, 0.6) is 0 Å². The molecule has 0 unspecified atom stereocenters. The summed E-state index contributed by atoms with van der Waals surface area (Å²) >= 11 is 6.33. The smallest absolute Gasteiger partial charge is 0.339 e. The first-order chi connectivity index (χ1) is 10.1. The lowest BCUT2D eigenvalue weighted by atomic mass is 9.99. The first-order valence-corrected chi connectivity index (χ1v) is 7.39. The van der Waals surface area contributed by atoms with Crippen molar-refractivity contribution in [3.05, 3.63) is 33.8 Å². The van der Waals surface area contributed by atoms with Crippen molar-refractivity contribution in [2.24, 2.45) is 0 Å². The van der Waals surface area contributed by atoms with Crippen LogP contribution in [0.15, 0.2) is 12.1 Å². The van der Waals surface area contributed by atoms with Crippen molar-refractivity contribution < 1.29 is 19.0 Å². The molecular weight excluding hydrogens is 292 g/mol. The zero-order valence-corrected chi connectivity index (χ0v) is 13.7. The van der Waals surface area contributed by atoms with Crippen LogP contribution in [0.3, 0.4) is 0 Å². The quantitative estimate of drug-likeness (QED) is 0.518. The molecule has 0 saturated heterocycles. The molecule has 1 aromatic carbocycles. The molecule has 0 N–H and O–H groups in total. The minimum Gasteiger partial charge on any atom is -0.465 e. The van der Waals surface area contributed by atoms with Crippen molar-refractivity contribution in [3.8, 4) is 0 Å². The first-order valence-electron chi connectivity index (χ1n) is 7.01. The number of rotatable bonds is 9. The SMILES string of the molecule is COCCCc1cc(CCCOC)c(Cl)c(C(=O)OC)c1. The van der Waals surface area contributed by atoms with Gasteiger partial charge in [-0.2, -0.15) is 0 Å². The Hall–Kier alpha value is -1.10. The summed E-state index contributed by atoms with van der Waals surface area (Å²) in [5.41, 5.74) is 2.47. The molecule has 0 saturated carbocycles. The highest BCUT2D eigenvalue weighted by atomic mass is 35.5. The van der Waals surface area contributed by atoms with Gasteiger partial charge < -0.3 is 14.2 Å². The van der Waals surface area contributed by atoms with E-state index >= 15 is 0 Å². The van der Waals surface area contributed by atoms with Crippen LogP contribution >= 0.6 is 11.6 Å². The number of esters is 1. The largest absolute Gasteiger partial charge is 0.465 e. The minimum absolute atomic E-state index is 0.401. The van der Waals surface area contributed by atoms with E-state index in [1.807, 2.05) is 6.07 Å². The van der Waals surface area contributed by atoms with Crippen molar-refractivity contribution in [2.75, 3.05) is 34.5 Å². The van der Waals surface area contributed by atoms with Gasteiger partial charge in [0.1, 0.15) is 0 Å². The molecule has 0 spiro atoms. The normalized spacial score (nSPS) is 10.7. The van der Waals surface area contributed by atoms with E-state index in [0.717, 1.165) is 36.8 Å². The third kappa shape index (κ3) is 5.65. The predicted molar refractivity (Wildman–Crippen MR) is 83.2 cm³/mol. The zero-order chi connectivity index (χ0) is 15.7. The zero-order valence-electron chi connectivity index (χ0n) is 12.9. The van der Waals surface area contributed by atoms with Gasteiger partial charge >= 0.3 is 5.97 Å². The molecule has 0 radical (unpaired) electrons.